The summed E-state index contributed by atoms with van der Waals surface area (Å²) >= 11 is 1.02. The zero-order valence-electron chi connectivity index (χ0n) is 22.6. The number of anilines is 1. The summed E-state index contributed by atoms with van der Waals surface area (Å²) in [7, 11) is 4.87. The fourth-order valence-electron chi connectivity index (χ4n) is 5.04. The van der Waals surface area contributed by atoms with E-state index in [9.17, 15) is 18.3 Å². The molecule has 0 saturated heterocycles. The molecule has 14 heteroatoms. The van der Waals surface area contributed by atoms with Gasteiger partial charge in [0.25, 0.3) is 5.88 Å². The number of halogens is 4. The summed E-state index contributed by atoms with van der Waals surface area (Å²) in [4.78, 5) is 11.1. The zero-order chi connectivity index (χ0) is 28.4. The monoisotopic (exact) mass is 610 g/mol. The number of aliphatic hydroxyl groups excluding tert-OH is 1. The minimum Gasteiger partial charge on any atom is -0.491 e. The Morgan fingerprint density at radius 1 is 1.07 bits per heavy atom. The number of rotatable bonds is 9. The standard InChI is InChI=1S/C27H29F3N6O3S.ClH/c1-36(24-19-10-18(12-27(28,29)30)40-26(19)33-14-32-24)21-8-17(9-22(21)37)31-13-15-4-6-16(7-5-15)20-11-23(38-2)25(39-3)35-34-20;/h4-7,10-11,14,17,21-22,31,37H,8-9,12-13H2,1-3H3;1H/t17-,21+,22+;/m1./s1. The Balaban J connectivity index is 0.00000387. The normalized spacial score (nSPS) is 18.8. The van der Waals surface area contributed by atoms with Crippen molar-refractivity contribution < 1.29 is 27.8 Å². The highest BCUT2D eigenvalue weighted by molar-refractivity contribution is 7.18. The third kappa shape index (κ3) is 6.97. The van der Waals surface area contributed by atoms with Crippen LogP contribution in [0, 0.1) is 0 Å². The third-order valence-corrected chi connectivity index (χ3v) is 8.09. The maximum Gasteiger partial charge on any atom is 0.393 e. The molecule has 9 nitrogen and oxygen atoms in total. The Labute approximate surface area is 245 Å². The summed E-state index contributed by atoms with van der Waals surface area (Å²) in [6.07, 6.45) is -3.35. The summed E-state index contributed by atoms with van der Waals surface area (Å²) in [6.45, 7) is 0.606. The van der Waals surface area contributed by atoms with Crippen molar-refractivity contribution in [3.8, 4) is 22.9 Å². The van der Waals surface area contributed by atoms with Gasteiger partial charge in [-0.15, -0.1) is 33.9 Å². The number of ether oxygens (including phenoxy) is 2. The first-order valence-electron chi connectivity index (χ1n) is 12.6. The van der Waals surface area contributed by atoms with Crippen molar-refractivity contribution >= 4 is 39.8 Å². The first kappa shape index (κ1) is 30.7. The number of hydrogen-bond acceptors (Lipinski definition) is 10. The number of methoxy groups -OCH3 is 2. The Morgan fingerprint density at radius 2 is 1.83 bits per heavy atom. The molecule has 3 heterocycles. The van der Waals surface area contributed by atoms with Crippen LogP contribution >= 0.6 is 23.7 Å². The Kier molecular flexibility index (Phi) is 9.52. The number of likely N-dealkylation sites (N-methyl/N-ethyl adjacent to an activating group) is 1. The molecule has 1 aliphatic rings. The lowest BCUT2D eigenvalue weighted by atomic mass is 10.1. The minimum absolute atomic E-state index is 0. The lowest BCUT2D eigenvalue weighted by molar-refractivity contribution is -0.126. The van der Waals surface area contributed by atoms with Gasteiger partial charge in [-0.05, 0) is 24.5 Å². The molecular weight excluding hydrogens is 581 g/mol. The Morgan fingerprint density at radius 3 is 2.51 bits per heavy atom. The second kappa shape index (κ2) is 12.7. The van der Waals surface area contributed by atoms with Crippen LogP contribution in [0.3, 0.4) is 0 Å². The average Bonchev–Trinajstić information content (AvgIpc) is 3.52. The summed E-state index contributed by atoms with van der Waals surface area (Å²) in [5.41, 5.74) is 2.62. The van der Waals surface area contributed by atoms with Gasteiger partial charge in [-0.3, -0.25) is 0 Å². The van der Waals surface area contributed by atoms with Gasteiger partial charge in [0.1, 0.15) is 17.0 Å². The van der Waals surface area contributed by atoms with Crippen molar-refractivity contribution in [1.29, 1.82) is 0 Å². The molecule has 3 aromatic heterocycles. The molecule has 2 N–H and O–H groups in total. The molecule has 41 heavy (non-hydrogen) atoms. The van der Waals surface area contributed by atoms with Gasteiger partial charge in [-0.1, -0.05) is 24.3 Å². The molecule has 3 atom stereocenters. The third-order valence-electron chi connectivity index (χ3n) is 7.05. The fraction of sp³-hybridized carbons (Fsp3) is 0.407. The molecule has 1 fully saturated rings. The molecule has 0 bridgehead atoms. The number of benzene rings is 1. The lowest BCUT2D eigenvalue weighted by Crippen LogP contribution is -2.38. The highest BCUT2D eigenvalue weighted by Gasteiger charge is 2.37. The predicted molar refractivity (Wildman–Crippen MR) is 153 cm³/mol. The number of nitrogens with one attached hydrogen (secondary N) is 1. The number of aliphatic hydroxyl groups is 1. The van der Waals surface area contributed by atoms with Crippen molar-refractivity contribution in [2.24, 2.45) is 0 Å². The van der Waals surface area contributed by atoms with Crippen LogP contribution in [0.5, 0.6) is 11.6 Å². The fourth-order valence-corrected chi connectivity index (χ4v) is 6.06. The highest BCUT2D eigenvalue weighted by Crippen LogP contribution is 2.36. The SMILES string of the molecule is COc1cc(-c2ccc(CN[C@H]3C[C@H](O)[C@@H](N(C)c4ncnc5sc(CC(F)(F)F)cc45)C3)cc2)nnc1OC.Cl. The van der Waals surface area contributed by atoms with Crippen LogP contribution in [-0.2, 0) is 13.0 Å². The molecule has 5 rings (SSSR count). The number of alkyl halides is 3. The van der Waals surface area contributed by atoms with E-state index in [1.165, 1.54) is 19.5 Å². The van der Waals surface area contributed by atoms with E-state index in [1.807, 2.05) is 36.2 Å². The highest BCUT2D eigenvalue weighted by atomic mass is 35.5. The number of fused-ring (bicyclic) bond motifs is 1. The van der Waals surface area contributed by atoms with Crippen LogP contribution in [-0.4, -0.2) is 70.9 Å². The second-order valence-corrected chi connectivity index (χ2v) is 10.8. The van der Waals surface area contributed by atoms with E-state index in [4.69, 9.17) is 9.47 Å². The average molecular weight is 611 g/mol. The van der Waals surface area contributed by atoms with Gasteiger partial charge in [0.2, 0.25) is 0 Å². The maximum absolute atomic E-state index is 12.9. The van der Waals surface area contributed by atoms with E-state index in [1.54, 1.807) is 13.2 Å². The summed E-state index contributed by atoms with van der Waals surface area (Å²) in [5.74, 6) is 1.34. The molecule has 4 aromatic rings. The van der Waals surface area contributed by atoms with Crippen molar-refractivity contribution in [2.45, 2.75) is 50.2 Å². The number of hydrogen-bond donors (Lipinski definition) is 2. The Hall–Kier alpha value is -3.26. The van der Waals surface area contributed by atoms with Gasteiger partial charge in [0.15, 0.2) is 5.75 Å². The van der Waals surface area contributed by atoms with Crippen LogP contribution in [0.1, 0.15) is 23.3 Å². The van der Waals surface area contributed by atoms with Crippen molar-refractivity contribution in [3.05, 3.63) is 53.2 Å². The van der Waals surface area contributed by atoms with Gasteiger partial charge in [-0.2, -0.15) is 13.2 Å². The molecule has 0 radical (unpaired) electrons. The van der Waals surface area contributed by atoms with Crippen LogP contribution in [0.25, 0.3) is 21.5 Å². The van der Waals surface area contributed by atoms with E-state index < -0.39 is 18.7 Å². The molecule has 1 aromatic carbocycles. The van der Waals surface area contributed by atoms with Gasteiger partial charge >= 0.3 is 6.18 Å². The largest absolute Gasteiger partial charge is 0.491 e. The van der Waals surface area contributed by atoms with Gasteiger partial charge in [0.05, 0.1) is 43.9 Å². The van der Waals surface area contributed by atoms with Gasteiger partial charge < -0.3 is 24.8 Å². The molecule has 0 amide bonds. The van der Waals surface area contributed by atoms with E-state index in [0.717, 1.165) is 22.5 Å². The summed E-state index contributed by atoms with van der Waals surface area (Å²) < 4.78 is 49.2. The molecule has 0 aliphatic heterocycles. The molecule has 0 unspecified atom stereocenters. The smallest absolute Gasteiger partial charge is 0.393 e. The quantitative estimate of drug-likeness (QED) is 0.276. The van der Waals surface area contributed by atoms with Crippen LogP contribution in [0.4, 0.5) is 19.0 Å². The minimum atomic E-state index is -4.29. The first-order chi connectivity index (χ1) is 19.1. The molecule has 220 valence electrons. The van der Waals surface area contributed by atoms with E-state index in [0.29, 0.717) is 52.7 Å². The van der Waals surface area contributed by atoms with Crippen LogP contribution in [0.2, 0.25) is 0 Å². The maximum atomic E-state index is 12.9. The van der Waals surface area contributed by atoms with Crippen LogP contribution in [0.15, 0.2) is 42.7 Å². The predicted octanol–water partition coefficient (Wildman–Crippen LogP) is 4.81. The van der Waals surface area contributed by atoms with E-state index in [-0.39, 0.29) is 29.4 Å². The lowest BCUT2D eigenvalue weighted by Gasteiger charge is -2.28. The topological polar surface area (TPSA) is 106 Å². The zero-order valence-corrected chi connectivity index (χ0v) is 24.2. The van der Waals surface area contributed by atoms with Gasteiger partial charge in [-0.25, -0.2) is 9.97 Å². The van der Waals surface area contributed by atoms with Crippen molar-refractivity contribution in [1.82, 2.24) is 25.5 Å². The van der Waals surface area contributed by atoms with E-state index >= 15 is 0 Å². The van der Waals surface area contributed by atoms with E-state index in [2.05, 4.69) is 25.5 Å². The van der Waals surface area contributed by atoms with Gasteiger partial charge in [0, 0.05) is 36.1 Å². The first-order valence-corrected chi connectivity index (χ1v) is 13.5. The van der Waals surface area contributed by atoms with Crippen LogP contribution < -0.4 is 19.7 Å². The molecule has 0 spiro atoms. The number of thiophene rings is 1. The molecule has 1 saturated carbocycles. The second-order valence-electron chi connectivity index (χ2n) is 9.72. The van der Waals surface area contributed by atoms with Crippen molar-refractivity contribution in [3.63, 3.8) is 0 Å². The number of aromatic nitrogens is 4. The van der Waals surface area contributed by atoms with Crippen molar-refractivity contribution in [2.75, 3.05) is 26.2 Å². The summed E-state index contributed by atoms with van der Waals surface area (Å²) in [5, 5.41) is 23.2. The Bertz CT molecular complexity index is 1470. The molecule has 1 aliphatic carbocycles. The number of nitrogens with zero attached hydrogens (tertiary/aromatic N) is 5. The molecular formula is C27H30ClF3N6O3S. The summed E-state index contributed by atoms with van der Waals surface area (Å²) in [6, 6.07) is 11.0.